The van der Waals surface area contributed by atoms with Crippen molar-refractivity contribution in [1.82, 2.24) is 9.55 Å². The molecule has 0 atom stereocenters. The summed E-state index contributed by atoms with van der Waals surface area (Å²) >= 11 is 6.15. The molecule has 28 heavy (non-hydrogen) atoms. The number of aromatic nitrogens is 2. The van der Waals surface area contributed by atoms with Gasteiger partial charge in [0.2, 0.25) is 0 Å². The number of fused-ring (bicyclic) bond motifs is 1. The molecule has 4 rings (SSSR count). The topological polar surface area (TPSA) is 36.3 Å². The summed E-state index contributed by atoms with van der Waals surface area (Å²) in [6.07, 6.45) is 0.837. The quantitative estimate of drug-likeness (QED) is 0.359. The fourth-order valence-electron chi connectivity index (χ4n) is 3.12. The van der Waals surface area contributed by atoms with E-state index < -0.39 is 0 Å². The van der Waals surface area contributed by atoms with Gasteiger partial charge in [-0.1, -0.05) is 54.1 Å². The van der Waals surface area contributed by atoms with Gasteiger partial charge in [0.05, 0.1) is 22.7 Å². The van der Waals surface area contributed by atoms with E-state index in [0.29, 0.717) is 24.0 Å². The Balaban J connectivity index is 1.45. The molecule has 0 radical (unpaired) electrons. The summed E-state index contributed by atoms with van der Waals surface area (Å²) in [6.45, 7) is 1.79. The molecule has 5 heteroatoms. The van der Waals surface area contributed by atoms with Crippen LogP contribution in [0.1, 0.15) is 12.2 Å². The largest absolute Gasteiger partial charge is 0.492 e. The Bertz CT molecular complexity index is 1050. The highest BCUT2D eigenvalue weighted by atomic mass is 35.5. The second-order valence-electron chi connectivity index (χ2n) is 6.40. The molecule has 0 spiro atoms. The zero-order valence-electron chi connectivity index (χ0n) is 15.4. The summed E-state index contributed by atoms with van der Waals surface area (Å²) in [6, 6.07) is 25.5. The summed E-state index contributed by atoms with van der Waals surface area (Å²) in [7, 11) is 0. The minimum Gasteiger partial charge on any atom is -0.492 e. The van der Waals surface area contributed by atoms with Crippen LogP contribution in [-0.4, -0.2) is 16.2 Å². The smallest absolute Gasteiger partial charge is 0.147 e. The van der Waals surface area contributed by atoms with E-state index in [9.17, 15) is 0 Å². The van der Waals surface area contributed by atoms with Gasteiger partial charge in [-0.05, 0) is 42.8 Å². The van der Waals surface area contributed by atoms with Gasteiger partial charge in [0, 0.05) is 6.54 Å². The second kappa shape index (κ2) is 8.81. The molecular formula is C23H21ClN2O2. The Kier molecular flexibility index (Phi) is 5.78. The first-order chi connectivity index (χ1) is 13.8. The van der Waals surface area contributed by atoms with Crippen LogP contribution >= 0.6 is 11.6 Å². The van der Waals surface area contributed by atoms with Crippen LogP contribution in [0.5, 0.6) is 11.5 Å². The summed E-state index contributed by atoms with van der Waals surface area (Å²) < 4.78 is 13.9. The van der Waals surface area contributed by atoms with Gasteiger partial charge in [-0.25, -0.2) is 4.98 Å². The maximum Gasteiger partial charge on any atom is 0.147 e. The first kappa shape index (κ1) is 18.4. The molecule has 0 aliphatic rings. The van der Waals surface area contributed by atoms with Crippen molar-refractivity contribution in [2.24, 2.45) is 0 Å². The van der Waals surface area contributed by atoms with Crippen molar-refractivity contribution in [3.05, 3.63) is 89.7 Å². The van der Waals surface area contributed by atoms with Crippen LogP contribution < -0.4 is 9.47 Å². The van der Waals surface area contributed by atoms with Crippen LogP contribution in [0.25, 0.3) is 11.0 Å². The van der Waals surface area contributed by atoms with Gasteiger partial charge in [0.1, 0.15) is 23.9 Å². The third-order valence-electron chi connectivity index (χ3n) is 4.47. The molecule has 0 fully saturated rings. The first-order valence-electron chi connectivity index (χ1n) is 9.30. The molecule has 0 aliphatic heterocycles. The lowest BCUT2D eigenvalue weighted by Crippen LogP contribution is -2.10. The average molecular weight is 393 g/mol. The summed E-state index contributed by atoms with van der Waals surface area (Å²) in [5.74, 6) is 2.46. The van der Waals surface area contributed by atoms with Crippen molar-refractivity contribution in [3.63, 3.8) is 0 Å². The maximum absolute atomic E-state index is 6.15. The van der Waals surface area contributed by atoms with Gasteiger partial charge >= 0.3 is 0 Å². The Labute approximate surface area is 169 Å². The number of ether oxygens (including phenoxy) is 2. The van der Waals surface area contributed by atoms with E-state index in [0.717, 1.165) is 35.6 Å². The Morgan fingerprint density at radius 1 is 0.821 bits per heavy atom. The zero-order valence-corrected chi connectivity index (χ0v) is 16.2. The Hall–Kier alpha value is -2.98. The predicted octanol–water partition coefficient (Wildman–Crippen LogP) is 5.74. The third kappa shape index (κ3) is 4.29. The van der Waals surface area contributed by atoms with Crippen molar-refractivity contribution in [2.45, 2.75) is 19.6 Å². The number of benzene rings is 3. The molecule has 4 aromatic rings. The molecule has 4 nitrogen and oxygen atoms in total. The summed E-state index contributed by atoms with van der Waals surface area (Å²) in [5.41, 5.74) is 2.08. The van der Waals surface area contributed by atoms with Crippen LogP contribution in [0.15, 0.2) is 78.9 Å². The lowest BCUT2D eigenvalue weighted by atomic mass is 10.3. The van der Waals surface area contributed by atoms with Crippen LogP contribution in [-0.2, 0) is 13.2 Å². The van der Waals surface area contributed by atoms with E-state index in [2.05, 4.69) is 10.6 Å². The highest BCUT2D eigenvalue weighted by Gasteiger charge is 2.11. The van der Waals surface area contributed by atoms with E-state index in [4.69, 9.17) is 26.1 Å². The Morgan fingerprint density at radius 3 is 2.43 bits per heavy atom. The first-order valence-corrected chi connectivity index (χ1v) is 9.68. The van der Waals surface area contributed by atoms with Gasteiger partial charge in [-0.2, -0.15) is 0 Å². The molecular weight excluding hydrogens is 372 g/mol. The minimum absolute atomic E-state index is 0.421. The molecule has 0 unspecified atom stereocenters. The number of nitrogens with zero attached hydrogens (tertiary/aromatic N) is 2. The van der Waals surface area contributed by atoms with Crippen molar-refractivity contribution < 1.29 is 9.47 Å². The van der Waals surface area contributed by atoms with E-state index >= 15 is 0 Å². The molecule has 0 aliphatic carbocycles. The van der Waals surface area contributed by atoms with Gasteiger partial charge in [-0.15, -0.1) is 0 Å². The maximum atomic E-state index is 6.15. The minimum atomic E-state index is 0.421. The summed E-state index contributed by atoms with van der Waals surface area (Å²) in [4.78, 5) is 4.75. The number of aryl methyl sites for hydroxylation is 1. The van der Waals surface area contributed by atoms with Gasteiger partial charge in [0.15, 0.2) is 0 Å². The molecule has 1 aromatic heterocycles. The van der Waals surface area contributed by atoms with Gasteiger partial charge in [-0.3, -0.25) is 0 Å². The SMILES string of the molecule is Clc1ccccc1OCCCn1c(COc2ccccc2)nc2ccccc21. The van der Waals surface area contributed by atoms with E-state index in [1.165, 1.54) is 0 Å². The standard InChI is InChI=1S/C23H21ClN2O2/c24-19-11-4-7-14-22(19)27-16-8-15-26-21-13-6-5-12-20(21)25-23(26)17-28-18-9-2-1-3-10-18/h1-7,9-14H,8,15-17H2. The number of hydrogen-bond donors (Lipinski definition) is 0. The van der Waals surface area contributed by atoms with Crippen LogP contribution in [0.3, 0.4) is 0 Å². The number of halogens is 1. The fourth-order valence-corrected chi connectivity index (χ4v) is 3.31. The highest BCUT2D eigenvalue weighted by Crippen LogP contribution is 2.23. The monoisotopic (exact) mass is 392 g/mol. The number of rotatable bonds is 8. The van der Waals surface area contributed by atoms with Crippen LogP contribution in [0, 0.1) is 0 Å². The number of imidazole rings is 1. The van der Waals surface area contributed by atoms with Crippen molar-refractivity contribution in [2.75, 3.05) is 6.61 Å². The lowest BCUT2D eigenvalue weighted by molar-refractivity contribution is 0.280. The van der Waals surface area contributed by atoms with E-state index in [1.54, 1.807) is 0 Å². The van der Waals surface area contributed by atoms with Gasteiger partial charge < -0.3 is 14.0 Å². The predicted molar refractivity (Wildman–Crippen MR) is 112 cm³/mol. The van der Waals surface area contributed by atoms with Crippen molar-refractivity contribution in [3.8, 4) is 11.5 Å². The average Bonchev–Trinajstić information content (AvgIpc) is 3.09. The van der Waals surface area contributed by atoms with E-state index in [-0.39, 0.29) is 0 Å². The fraction of sp³-hybridized carbons (Fsp3) is 0.174. The molecule has 0 bridgehead atoms. The van der Waals surface area contributed by atoms with Crippen LogP contribution in [0.4, 0.5) is 0 Å². The molecule has 0 N–H and O–H groups in total. The second-order valence-corrected chi connectivity index (χ2v) is 6.81. The van der Waals surface area contributed by atoms with Crippen LogP contribution in [0.2, 0.25) is 5.02 Å². The summed E-state index contributed by atoms with van der Waals surface area (Å²) in [5, 5.41) is 0.632. The van der Waals surface area contributed by atoms with Crippen molar-refractivity contribution in [1.29, 1.82) is 0 Å². The zero-order chi connectivity index (χ0) is 19.2. The molecule has 1 heterocycles. The number of hydrogen-bond acceptors (Lipinski definition) is 3. The normalized spacial score (nSPS) is 10.9. The van der Waals surface area contributed by atoms with Crippen molar-refractivity contribution >= 4 is 22.6 Å². The highest BCUT2D eigenvalue weighted by molar-refractivity contribution is 6.32. The molecule has 0 saturated carbocycles. The lowest BCUT2D eigenvalue weighted by Gasteiger charge is -2.12. The number of para-hydroxylation sites is 4. The third-order valence-corrected chi connectivity index (χ3v) is 4.78. The molecule has 0 amide bonds. The molecule has 3 aromatic carbocycles. The Morgan fingerprint density at radius 2 is 1.57 bits per heavy atom. The van der Waals surface area contributed by atoms with Gasteiger partial charge in [0.25, 0.3) is 0 Å². The molecule has 142 valence electrons. The van der Waals surface area contributed by atoms with E-state index in [1.807, 2.05) is 72.8 Å². The molecule has 0 saturated heterocycles.